The van der Waals surface area contributed by atoms with Gasteiger partial charge in [0.25, 0.3) is 5.91 Å². The molecule has 7 rings (SSSR count). The van der Waals surface area contributed by atoms with Crippen LogP contribution in [0.15, 0.2) is 47.2 Å². The molecule has 178 valence electrons. The average molecular weight is 474 g/mol. The van der Waals surface area contributed by atoms with Crippen LogP contribution in [0.1, 0.15) is 40.6 Å². The Morgan fingerprint density at radius 1 is 1.17 bits per heavy atom. The summed E-state index contributed by atoms with van der Waals surface area (Å²) in [4.78, 5) is 20.0. The van der Waals surface area contributed by atoms with Crippen molar-refractivity contribution < 1.29 is 18.4 Å². The first-order valence-corrected chi connectivity index (χ1v) is 11.8. The number of morpholine rings is 1. The van der Waals surface area contributed by atoms with Gasteiger partial charge in [0.05, 0.1) is 48.5 Å². The molecule has 5 heterocycles. The number of aromatic nitrogens is 4. The molecule has 3 fully saturated rings. The molecule has 4 atom stereocenters. The first kappa shape index (κ1) is 20.6. The maximum atomic E-state index is 13.3. The van der Waals surface area contributed by atoms with Crippen LogP contribution in [0.4, 0.5) is 15.8 Å². The van der Waals surface area contributed by atoms with Gasteiger partial charge in [-0.2, -0.15) is 10.1 Å². The van der Waals surface area contributed by atoms with Gasteiger partial charge in [-0.25, -0.2) is 8.91 Å². The number of fused-ring (bicyclic) bond motifs is 3. The molecular formula is C25H23FN6O3. The Hall–Kier alpha value is -3.79. The van der Waals surface area contributed by atoms with Crippen LogP contribution in [0.2, 0.25) is 0 Å². The molecule has 3 aromatic heterocycles. The van der Waals surface area contributed by atoms with E-state index in [0.717, 1.165) is 36.4 Å². The Balaban J connectivity index is 1.16. The fourth-order valence-corrected chi connectivity index (χ4v) is 5.07. The third-order valence-electron chi connectivity index (χ3n) is 7.21. The zero-order chi connectivity index (χ0) is 23.7. The molecule has 0 radical (unpaired) electrons. The monoisotopic (exact) mass is 474 g/mol. The second-order valence-corrected chi connectivity index (χ2v) is 9.56. The van der Waals surface area contributed by atoms with E-state index in [9.17, 15) is 9.18 Å². The van der Waals surface area contributed by atoms with Crippen LogP contribution < -0.4 is 10.2 Å². The molecule has 2 aliphatic heterocycles. The molecular weight excluding hydrogens is 451 g/mol. The molecule has 2 saturated heterocycles. The molecule has 1 amide bonds. The third kappa shape index (κ3) is 3.39. The average Bonchev–Trinajstić information content (AvgIpc) is 3.23. The lowest BCUT2D eigenvalue weighted by Gasteiger charge is -2.53. The normalized spacial score (nSPS) is 24.9. The van der Waals surface area contributed by atoms with Crippen molar-refractivity contribution in [1.29, 1.82) is 0 Å². The van der Waals surface area contributed by atoms with Gasteiger partial charge >= 0.3 is 0 Å². The van der Waals surface area contributed by atoms with Crippen molar-refractivity contribution in [3.05, 3.63) is 59.7 Å². The summed E-state index contributed by atoms with van der Waals surface area (Å²) in [6, 6.07) is 10.4. The van der Waals surface area contributed by atoms with Crippen LogP contribution in [-0.4, -0.2) is 57.1 Å². The van der Waals surface area contributed by atoms with E-state index < -0.39 is 6.17 Å². The Morgan fingerprint density at radius 2 is 2.00 bits per heavy atom. The van der Waals surface area contributed by atoms with Gasteiger partial charge in [0.1, 0.15) is 6.17 Å². The maximum absolute atomic E-state index is 13.3. The molecule has 2 bridgehead atoms. The minimum absolute atomic E-state index is 0.253. The number of alkyl halides is 1. The smallest absolute Gasteiger partial charge is 0.259 e. The summed E-state index contributed by atoms with van der Waals surface area (Å²) in [6.07, 6.45) is 4.13. The van der Waals surface area contributed by atoms with Crippen molar-refractivity contribution in [3.63, 3.8) is 0 Å². The highest BCUT2D eigenvalue weighted by Crippen LogP contribution is 2.43. The van der Waals surface area contributed by atoms with Gasteiger partial charge in [-0.1, -0.05) is 17.3 Å². The number of anilines is 2. The summed E-state index contributed by atoms with van der Waals surface area (Å²) in [6.45, 7) is 3.39. The number of amides is 1. The van der Waals surface area contributed by atoms with Crippen molar-refractivity contribution in [3.8, 4) is 11.4 Å². The van der Waals surface area contributed by atoms with Gasteiger partial charge in [0, 0.05) is 23.1 Å². The lowest BCUT2D eigenvalue weighted by atomic mass is 9.90. The van der Waals surface area contributed by atoms with Crippen LogP contribution in [0, 0.1) is 6.92 Å². The van der Waals surface area contributed by atoms with Crippen LogP contribution in [-0.2, 0) is 4.74 Å². The molecule has 10 heteroatoms. The summed E-state index contributed by atoms with van der Waals surface area (Å²) in [5, 5.41) is 11.4. The lowest BCUT2D eigenvalue weighted by molar-refractivity contribution is 0.0103. The Labute approximate surface area is 199 Å². The Kier molecular flexibility index (Phi) is 4.47. The third-order valence-corrected chi connectivity index (χ3v) is 7.21. The van der Waals surface area contributed by atoms with Gasteiger partial charge in [0.2, 0.25) is 11.7 Å². The highest BCUT2D eigenvalue weighted by atomic mass is 19.1. The number of nitrogens with one attached hydrogen (secondary N) is 1. The highest BCUT2D eigenvalue weighted by molar-refractivity contribution is 6.09. The van der Waals surface area contributed by atoms with Crippen LogP contribution in [0.3, 0.4) is 0 Å². The summed E-state index contributed by atoms with van der Waals surface area (Å²) in [5.74, 6) is 0.138. The Morgan fingerprint density at radius 3 is 2.77 bits per heavy atom. The molecule has 2 unspecified atom stereocenters. The minimum Gasteiger partial charge on any atom is -0.377 e. The van der Waals surface area contributed by atoms with Crippen molar-refractivity contribution in [1.82, 2.24) is 19.8 Å². The predicted molar refractivity (Wildman–Crippen MR) is 125 cm³/mol. The van der Waals surface area contributed by atoms with Crippen molar-refractivity contribution >= 4 is 22.8 Å². The fourth-order valence-electron chi connectivity index (χ4n) is 5.07. The number of hydrogen-bond acceptors (Lipinski definition) is 7. The van der Waals surface area contributed by atoms with Gasteiger partial charge in [-0.3, -0.25) is 4.79 Å². The molecule has 35 heavy (non-hydrogen) atoms. The van der Waals surface area contributed by atoms with Crippen LogP contribution in [0.5, 0.6) is 0 Å². The highest BCUT2D eigenvalue weighted by Gasteiger charge is 2.44. The SMILES string of the molecule is Cc1ccc(-c2noc([C@H]3C[C@@H]3F)n2)cc1NC(=O)c1cnn2ccc(N3C4COCC3C4)cc12. The maximum Gasteiger partial charge on any atom is 0.259 e. The van der Waals surface area contributed by atoms with Gasteiger partial charge in [-0.05, 0) is 43.5 Å². The van der Waals surface area contributed by atoms with Crippen molar-refractivity contribution in [2.24, 2.45) is 0 Å². The molecule has 1 saturated carbocycles. The summed E-state index contributed by atoms with van der Waals surface area (Å²) < 4.78 is 25.9. The lowest BCUT2D eigenvalue weighted by Crippen LogP contribution is -2.64. The van der Waals surface area contributed by atoms with E-state index >= 15 is 0 Å². The molecule has 0 spiro atoms. The molecule has 3 aliphatic rings. The zero-order valence-corrected chi connectivity index (χ0v) is 19.0. The summed E-state index contributed by atoms with van der Waals surface area (Å²) >= 11 is 0. The molecule has 1 aliphatic carbocycles. The number of ether oxygens (including phenoxy) is 1. The summed E-state index contributed by atoms with van der Waals surface area (Å²) in [5.41, 5.74) is 4.52. The standard InChI is InChI=1S/C25H23FN6O3/c1-13-2-3-14(23-29-25(35-30-23)18-9-20(18)26)6-21(13)28-24(33)19-10-27-31-5-4-15(8-22(19)31)32-16-7-17(32)12-34-11-16/h2-6,8,10,16-18,20H,7,9,11-12H2,1H3,(H,28,33)/t16?,17?,18-,20-/m0/s1. The number of pyridine rings is 1. The number of aryl methyl sites for hydroxylation is 1. The van der Waals surface area contributed by atoms with E-state index in [4.69, 9.17) is 9.26 Å². The van der Waals surface area contributed by atoms with Crippen molar-refractivity contribution in [2.45, 2.75) is 43.9 Å². The number of carbonyl (C=O) groups excluding carboxylic acids is 1. The quantitative estimate of drug-likeness (QED) is 0.470. The second-order valence-electron chi connectivity index (χ2n) is 9.56. The van der Waals surface area contributed by atoms with Gasteiger partial charge in [0.15, 0.2) is 0 Å². The van der Waals surface area contributed by atoms with Gasteiger partial charge in [-0.15, -0.1) is 0 Å². The molecule has 1 N–H and O–H groups in total. The number of nitrogens with zero attached hydrogens (tertiary/aromatic N) is 5. The molecule has 4 aromatic rings. The van der Waals surface area contributed by atoms with E-state index in [1.165, 1.54) is 0 Å². The topological polar surface area (TPSA) is 97.8 Å². The Bertz CT molecular complexity index is 1450. The van der Waals surface area contributed by atoms with Crippen LogP contribution in [0.25, 0.3) is 16.9 Å². The van der Waals surface area contributed by atoms with Gasteiger partial charge < -0.3 is 19.5 Å². The van der Waals surface area contributed by atoms with Crippen molar-refractivity contribution in [2.75, 3.05) is 23.4 Å². The second kappa shape index (κ2) is 7.61. The van der Waals surface area contributed by atoms with E-state index in [1.54, 1.807) is 16.8 Å². The number of hydrogen-bond donors (Lipinski definition) is 1. The van der Waals surface area contributed by atoms with Crippen LogP contribution >= 0.6 is 0 Å². The first-order chi connectivity index (χ1) is 17.0. The van der Waals surface area contributed by atoms with E-state index in [-0.39, 0.29) is 11.8 Å². The van der Waals surface area contributed by atoms with E-state index in [2.05, 4.69) is 25.5 Å². The zero-order valence-electron chi connectivity index (χ0n) is 19.0. The molecule has 1 aromatic carbocycles. The predicted octanol–water partition coefficient (Wildman–Crippen LogP) is 3.75. The molecule has 9 nitrogen and oxygen atoms in total. The van der Waals surface area contributed by atoms with E-state index in [0.29, 0.717) is 47.0 Å². The number of benzene rings is 1. The number of carbonyl (C=O) groups is 1. The fraction of sp³-hybridized carbons (Fsp3) is 0.360. The summed E-state index contributed by atoms with van der Waals surface area (Å²) in [7, 11) is 0. The number of halogens is 1. The van der Waals surface area contributed by atoms with E-state index in [1.807, 2.05) is 37.4 Å². The number of rotatable bonds is 5. The first-order valence-electron chi connectivity index (χ1n) is 11.8. The minimum atomic E-state index is -0.906. The largest absolute Gasteiger partial charge is 0.377 e.